The molecule has 3 saturated carbocycles. The van der Waals surface area contributed by atoms with Crippen LogP contribution >= 0.6 is 0 Å². The topological polar surface area (TPSA) is 20.2 Å². The molecule has 1 heteroatoms. The van der Waals surface area contributed by atoms with Crippen molar-refractivity contribution in [3.8, 4) is 0 Å². The quantitative estimate of drug-likeness (QED) is 0.561. The van der Waals surface area contributed by atoms with Crippen LogP contribution in [0.2, 0.25) is 0 Å². The molecule has 0 spiro atoms. The zero-order valence-electron chi connectivity index (χ0n) is 6.87. The van der Waals surface area contributed by atoms with Gasteiger partial charge in [-0.15, -0.1) is 0 Å². The summed E-state index contributed by atoms with van der Waals surface area (Å²) in [5.74, 6) is 3.24. The summed E-state index contributed by atoms with van der Waals surface area (Å²) >= 11 is 0. The summed E-state index contributed by atoms with van der Waals surface area (Å²) in [4.78, 5) is 0. The average molecular weight is 152 g/mol. The Hall–Kier alpha value is -0.0400. The van der Waals surface area contributed by atoms with Gasteiger partial charge in [0, 0.05) is 0 Å². The van der Waals surface area contributed by atoms with Crippen LogP contribution < -0.4 is 0 Å². The fourth-order valence-electron chi connectivity index (χ4n) is 3.90. The molecule has 4 atom stereocenters. The Morgan fingerprint density at radius 3 is 1.91 bits per heavy atom. The zero-order valence-corrected chi connectivity index (χ0v) is 6.87. The monoisotopic (exact) mass is 152 g/mol. The number of aliphatic hydroxyl groups excluding tert-OH is 1. The third-order valence-corrected chi connectivity index (χ3v) is 4.44. The predicted molar refractivity (Wildman–Crippen MR) is 43.1 cm³/mol. The number of fused-ring (bicyclic) bond motifs is 6. The van der Waals surface area contributed by atoms with E-state index in [1.165, 1.54) is 32.1 Å². The first-order chi connectivity index (χ1) is 5.36. The Bertz CT molecular complexity index is 156. The predicted octanol–water partition coefficient (Wildman–Crippen LogP) is 1.80. The van der Waals surface area contributed by atoms with Crippen molar-refractivity contribution in [3.63, 3.8) is 0 Å². The third-order valence-electron chi connectivity index (χ3n) is 4.44. The van der Waals surface area contributed by atoms with Crippen molar-refractivity contribution in [3.05, 3.63) is 0 Å². The standard InChI is InChI=1S/C10H16O/c11-10-8-3-4-9(10)7-2-1-6(8)5-7/h6-11H,1-5H2. The summed E-state index contributed by atoms with van der Waals surface area (Å²) in [6, 6.07) is 0. The molecule has 0 aromatic carbocycles. The van der Waals surface area contributed by atoms with Gasteiger partial charge in [0.05, 0.1) is 6.10 Å². The summed E-state index contributed by atoms with van der Waals surface area (Å²) in [5.41, 5.74) is 0. The molecule has 62 valence electrons. The van der Waals surface area contributed by atoms with Crippen molar-refractivity contribution < 1.29 is 5.11 Å². The van der Waals surface area contributed by atoms with Gasteiger partial charge in [-0.05, 0) is 55.8 Å². The SMILES string of the molecule is OC1C2CCC1C1CCC2C1. The van der Waals surface area contributed by atoms with E-state index < -0.39 is 0 Å². The molecule has 1 N–H and O–H groups in total. The molecule has 3 rings (SSSR count). The van der Waals surface area contributed by atoms with Gasteiger partial charge >= 0.3 is 0 Å². The molecular formula is C10H16O. The molecule has 3 fully saturated rings. The molecule has 3 aliphatic carbocycles. The van der Waals surface area contributed by atoms with Crippen LogP contribution in [0, 0.1) is 23.7 Å². The maximum atomic E-state index is 9.89. The summed E-state index contributed by atoms with van der Waals surface area (Å²) in [5, 5.41) is 9.89. The Labute approximate surface area is 67.8 Å². The molecule has 0 aromatic heterocycles. The smallest absolute Gasteiger partial charge is 0.0601 e. The second-order valence-electron chi connectivity index (χ2n) is 4.73. The minimum atomic E-state index is 0.0984. The Balaban J connectivity index is 1.97. The van der Waals surface area contributed by atoms with Gasteiger partial charge < -0.3 is 5.11 Å². The van der Waals surface area contributed by atoms with Gasteiger partial charge in [0.25, 0.3) is 0 Å². The fraction of sp³-hybridized carbons (Fsp3) is 1.00. The van der Waals surface area contributed by atoms with Gasteiger partial charge in [-0.1, -0.05) is 0 Å². The lowest BCUT2D eigenvalue weighted by atomic mass is 9.77. The van der Waals surface area contributed by atoms with Crippen molar-refractivity contribution in [2.24, 2.45) is 23.7 Å². The van der Waals surface area contributed by atoms with Crippen molar-refractivity contribution in [2.75, 3.05) is 0 Å². The molecular weight excluding hydrogens is 136 g/mol. The zero-order chi connectivity index (χ0) is 7.42. The summed E-state index contributed by atoms with van der Waals surface area (Å²) in [6.45, 7) is 0. The van der Waals surface area contributed by atoms with E-state index in [4.69, 9.17) is 0 Å². The number of hydrogen-bond acceptors (Lipinski definition) is 1. The highest BCUT2D eigenvalue weighted by molar-refractivity contribution is 5.01. The minimum Gasteiger partial charge on any atom is -0.393 e. The maximum Gasteiger partial charge on any atom is 0.0601 e. The number of hydrogen-bond donors (Lipinski definition) is 1. The highest BCUT2D eigenvalue weighted by Crippen LogP contribution is 2.55. The fourth-order valence-corrected chi connectivity index (χ4v) is 3.90. The van der Waals surface area contributed by atoms with Crippen LogP contribution in [-0.2, 0) is 0 Å². The van der Waals surface area contributed by atoms with Crippen LogP contribution in [0.5, 0.6) is 0 Å². The van der Waals surface area contributed by atoms with E-state index in [9.17, 15) is 5.11 Å². The first kappa shape index (κ1) is 6.47. The van der Waals surface area contributed by atoms with Gasteiger partial charge in [0.2, 0.25) is 0 Å². The van der Waals surface area contributed by atoms with Crippen molar-refractivity contribution in [1.82, 2.24) is 0 Å². The molecule has 0 radical (unpaired) electrons. The van der Waals surface area contributed by atoms with Crippen LogP contribution in [0.4, 0.5) is 0 Å². The molecule has 0 saturated heterocycles. The summed E-state index contributed by atoms with van der Waals surface area (Å²) in [7, 11) is 0. The van der Waals surface area contributed by atoms with E-state index in [2.05, 4.69) is 0 Å². The molecule has 11 heavy (non-hydrogen) atoms. The third kappa shape index (κ3) is 0.703. The van der Waals surface area contributed by atoms with Gasteiger partial charge in [-0.25, -0.2) is 0 Å². The molecule has 0 amide bonds. The first-order valence-electron chi connectivity index (χ1n) is 5.04. The normalized spacial score (nSPS) is 60.3. The van der Waals surface area contributed by atoms with E-state index in [0.29, 0.717) is 11.8 Å². The molecule has 4 bridgehead atoms. The molecule has 1 nitrogen and oxygen atoms in total. The van der Waals surface area contributed by atoms with Gasteiger partial charge in [0.15, 0.2) is 0 Å². The van der Waals surface area contributed by atoms with E-state index in [-0.39, 0.29) is 6.10 Å². The lowest BCUT2D eigenvalue weighted by Crippen LogP contribution is -2.33. The van der Waals surface area contributed by atoms with Gasteiger partial charge in [-0.3, -0.25) is 0 Å². The van der Waals surface area contributed by atoms with E-state index >= 15 is 0 Å². The molecule has 0 aliphatic heterocycles. The van der Waals surface area contributed by atoms with E-state index in [1.807, 2.05) is 0 Å². The highest BCUT2D eigenvalue weighted by atomic mass is 16.3. The molecule has 3 aliphatic rings. The Kier molecular flexibility index (Phi) is 1.18. The lowest BCUT2D eigenvalue weighted by molar-refractivity contribution is 0.0223. The summed E-state index contributed by atoms with van der Waals surface area (Å²) < 4.78 is 0. The van der Waals surface area contributed by atoms with E-state index in [0.717, 1.165) is 11.8 Å². The minimum absolute atomic E-state index is 0.0984. The second kappa shape index (κ2) is 2.01. The maximum absolute atomic E-state index is 9.89. The number of aliphatic hydroxyl groups is 1. The van der Waals surface area contributed by atoms with Crippen LogP contribution in [-0.4, -0.2) is 11.2 Å². The number of rotatable bonds is 0. The van der Waals surface area contributed by atoms with Gasteiger partial charge in [0.1, 0.15) is 0 Å². The van der Waals surface area contributed by atoms with Crippen molar-refractivity contribution in [2.45, 2.75) is 38.2 Å². The van der Waals surface area contributed by atoms with Crippen LogP contribution in [0.25, 0.3) is 0 Å². The highest BCUT2D eigenvalue weighted by Gasteiger charge is 2.50. The Morgan fingerprint density at radius 1 is 0.818 bits per heavy atom. The first-order valence-corrected chi connectivity index (χ1v) is 5.04. The second-order valence-corrected chi connectivity index (χ2v) is 4.73. The van der Waals surface area contributed by atoms with Crippen molar-refractivity contribution >= 4 is 0 Å². The molecule has 4 unspecified atom stereocenters. The summed E-state index contributed by atoms with van der Waals surface area (Å²) in [6.07, 6.45) is 7.04. The van der Waals surface area contributed by atoms with Crippen molar-refractivity contribution in [1.29, 1.82) is 0 Å². The lowest BCUT2D eigenvalue weighted by Gasteiger charge is -2.31. The van der Waals surface area contributed by atoms with Gasteiger partial charge in [-0.2, -0.15) is 0 Å². The molecule has 0 aromatic rings. The van der Waals surface area contributed by atoms with E-state index in [1.54, 1.807) is 0 Å². The van der Waals surface area contributed by atoms with Crippen LogP contribution in [0.1, 0.15) is 32.1 Å². The Morgan fingerprint density at radius 2 is 1.36 bits per heavy atom. The molecule has 0 heterocycles. The average Bonchev–Trinajstić information content (AvgIpc) is 2.42. The largest absolute Gasteiger partial charge is 0.393 e. The van der Waals surface area contributed by atoms with Crippen LogP contribution in [0.15, 0.2) is 0 Å². The van der Waals surface area contributed by atoms with Crippen LogP contribution in [0.3, 0.4) is 0 Å².